The molecule has 8 heteroatoms. The minimum atomic E-state index is -3.56. The summed E-state index contributed by atoms with van der Waals surface area (Å²) in [6.07, 6.45) is 3.23. The lowest BCUT2D eigenvalue weighted by Crippen LogP contribution is -2.19. The van der Waals surface area contributed by atoms with Crippen LogP contribution in [0.3, 0.4) is 0 Å². The molecule has 0 spiro atoms. The second-order valence-corrected chi connectivity index (χ2v) is 7.17. The van der Waals surface area contributed by atoms with Gasteiger partial charge in [0.05, 0.1) is 5.75 Å². The maximum Gasteiger partial charge on any atom is 0.256 e. The quantitative estimate of drug-likeness (QED) is 0.737. The van der Waals surface area contributed by atoms with Gasteiger partial charge in [-0.05, 0) is 24.6 Å². The molecule has 2 aromatic heterocycles. The van der Waals surface area contributed by atoms with Crippen molar-refractivity contribution >= 4 is 16.0 Å². The van der Waals surface area contributed by atoms with Gasteiger partial charge in [0.1, 0.15) is 0 Å². The number of benzene rings is 1. The van der Waals surface area contributed by atoms with E-state index < -0.39 is 10.0 Å². The fraction of sp³-hybridized carbons (Fsp3) is 0.188. The summed E-state index contributed by atoms with van der Waals surface area (Å²) in [7, 11) is -3.56. The van der Waals surface area contributed by atoms with Crippen molar-refractivity contribution in [1.82, 2.24) is 19.2 Å². The first-order valence-corrected chi connectivity index (χ1v) is 9.09. The van der Waals surface area contributed by atoms with Crippen molar-refractivity contribution < 1.29 is 8.42 Å². The molecule has 7 nitrogen and oxygen atoms in total. The number of hydrogen-bond donors (Lipinski definition) is 1. The standard InChI is InChI=1S/C16H17N5O2S/c1-2-24(22,23)21-16(18-11-13-7-4-3-5-8-13)19-15(20-21)14-9-6-10-17-12-14/h3-10,12H,2,11H2,1H3,(H,18,19,20). The molecule has 3 aromatic rings. The van der Waals surface area contributed by atoms with Gasteiger partial charge in [-0.25, -0.2) is 8.42 Å². The fourth-order valence-electron chi connectivity index (χ4n) is 2.12. The van der Waals surface area contributed by atoms with Crippen LogP contribution in [0.2, 0.25) is 0 Å². The summed E-state index contributed by atoms with van der Waals surface area (Å²) in [5.41, 5.74) is 1.68. The molecule has 0 unspecified atom stereocenters. The Hall–Kier alpha value is -2.74. The van der Waals surface area contributed by atoms with Crippen molar-refractivity contribution in [2.45, 2.75) is 13.5 Å². The zero-order chi connectivity index (χ0) is 17.0. The summed E-state index contributed by atoms with van der Waals surface area (Å²) in [6.45, 7) is 2.02. The number of hydrogen-bond acceptors (Lipinski definition) is 6. The van der Waals surface area contributed by atoms with Crippen LogP contribution in [0.25, 0.3) is 11.4 Å². The lowest BCUT2D eigenvalue weighted by atomic mass is 10.2. The van der Waals surface area contributed by atoms with E-state index in [4.69, 9.17) is 0 Å². The predicted molar refractivity (Wildman–Crippen MR) is 91.9 cm³/mol. The van der Waals surface area contributed by atoms with Crippen molar-refractivity contribution in [3.05, 3.63) is 60.4 Å². The minimum Gasteiger partial charge on any atom is -0.349 e. The predicted octanol–water partition coefficient (Wildman–Crippen LogP) is 2.15. The molecule has 1 N–H and O–H groups in total. The Morgan fingerprint density at radius 3 is 2.58 bits per heavy atom. The fourth-order valence-corrected chi connectivity index (χ4v) is 2.93. The Morgan fingerprint density at radius 2 is 1.92 bits per heavy atom. The lowest BCUT2D eigenvalue weighted by Gasteiger charge is -2.07. The first kappa shape index (κ1) is 16.1. The third-order valence-corrected chi connectivity index (χ3v) is 4.93. The lowest BCUT2D eigenvalue weighted by molar-refractivity contribution is 0.582. The molecule has 0 radical (unpaired) electrons. The third-order valence-electron chi connectivity index (χ3n) is 3.42. The number of pyridine rings is 1. The normalized spacial score (nSPS) is 11.4. The van der Waals surface area contributed by atoms with E-state index in [-0.39, 0.29) is 11.7 Å². The topological polar surface area (TPSA) is 89.8 Å². The number of nitrogens with zero attached hydrogens (tertiary/aromatic N) is 4. The maximum atomic E-state index is 12.3. The molecule has 0 aliphatic heterocycles. The van der Waals surface area contributed by atoms with Crippen molar-refractivity contribution in [3.63, 3.8) is 0 Å². The summed E-state index contributed by atoms with van der Waals surface area (Å²) in [5.74, 6) is 0.443. The smallest absolute Gasteiger partial charge is 0.256 e. The summed E-state index contributed by atoms with van der Waals surface area (Å²) in [6, 6.07) is 13.2. The highest BCUT2D eigenvalue weighted by Crippen LogP contribution is 2.19. The van der Waals surface area contributed by atoms with E-state index in [0.29, 0.717) is 17.9 Å². The SMILES string of the molecule is CCS(=O)(=O)n1nc(-c2cccnc2)nc1NCc1ccccc1. The van der Waals surface area contributed by atoms with Gasteiger partial charge in [-0.15, -0.1) is 9.19 Å². The Kier molecular flexibility index (Phi) is 4.57. The molecule has 0 fully saturated rings. The van der Waals surface area contributed by atoms with E-state index in [1.54, 1.807) is 31.5 Å². The average Bonchev–Trinajstić information content (AvgIpc) is 3.07. The van der Waals surface area contributed by atoms with Gasteiger partial charge in [0.25, 0.3) is 10.0 Å². The highest BCUT2D eigenvalue weighted by molar-refractivity contribution is 7.89. The van der Waals surface area contributed by atoms with Crippen LogP contribution in [0.5, 0.6) is 0 Å². The minimum absolute atomic E-state index is 0.0666. The van der Waals surface area contributed by atoms with Crippen LogP contribution in [-0.4, -0.2) is 33.3 Å². The monoisotopic (exact) mass is 343 g/mol. The van der Waals surface area contributed by atoms with E-state index in [1.165, 1.54) is 0 Å². The van der Waals surface area contributed by atoms with E-state index in [1.807, 2.05) is 30.3 Å². The van der Waals surface area contributed by atoms with Gasteiger partial charge in [-0.3, -0.25) is 4.98 Å². The van der Waals surface area contributed by atoms with E-state index >= 15 is 0 Å². The molecule has 24 heavy (non-hydrogen) atoms. The second kappa shape index (κ2) is 6.79. The largest absolute Gasteiger partial charge is 0.349 e. The van der Waals surface area contributed by atoms with Crippen LogP contribution in [0.4, 0.5) is 5.95 Å². The van der Waals surface area contributed by atoms with Gasteiger partial charge < -0.3 is 5.32 Å². The molecule has 2 heterocycles. The number of aromatic nitrogens is 4. The highest BCUT2D eigenvalue weighted by atomic mass is 32.2. The van der Waals surface area contributed by atoms with Crippen LogP contribution in [0.1, 0.15) is 12.5 Å². The van der Waals surface area contributed by atoms with E-state index in [9.17, 15) is 8.42 Å². The van der Waals surface area contributed by atoms with Gasteiger partial charge in [0.2, 0.25) is 5.95 Å². The highest BCUT2D eigenvalue weighted by Gasteiger charge is 2.20. The molecule has 0 aliphatic carbocycles. The Morgan fingerprint density at radius 1 is 1.12 bits per heavy atom. The summed E-state index contributed by atoms with van der Waals surface area (Å²) >= 11 is 0. The molecule has 0 saturated carbocycles. The molecule has 0 atom stereocenters. The zero-order valence-electron chi connectivity index (χ0n) is 13.1. The molecular formula is C16H17N5O2S. The first-order valence-electron chi connectivity index (χ1n) is 7.48. The molecule has 0 saturated heterocycles. The number of anilines is 1. The van der Waals surface area contributed by atoms with Crippen molar-refractivity contribution in [2.75, 3.05) is 11.1 Å². The Labute approximate surface area is 140 Å². The summed E-state index contributed by atoms with van der Waals surface area (Å²) in [5, 5.41) is 7.20. The van der Waals surface area contributed by atoms with Crippen LogP contribution >= 0.6 is 0 Å². The Bertz CT molecular complexity index is 908. The zero-order valence-corrected chi connectivity index (χ0v) is 13.9. The molecule has 1 aromatic carbocycles. The van der Waals surface area contributed by atoms with Gasteiger partial charge in [0, 0.05) is 24.5 Å². The van der Waals surface area contributed by atoms with Gasteiger partial charge in [-0.2, -0.15) is 4.98 Å². The molecule has 0 bridgehead atoms. The summed E-state index contributed by atoms with van der Waals surface area (Å²) in [4.78, 5) is 8.35. The van der Waals surface area contributed by atoms with E-state index in [0.717, 1.165) is 9.65 Å². The second-order valence-electron chi connectivity index (χ2n) is 5.08. The molecule has 124 valence electrons. The van der Waals surface area contributed by atoms with E-state index in [2.05, 4.69) is 20.4 Å². The summed E-state index contributed by atoms with van der Waals surface area (Å²) < 4.78 is 25.5. The van der Waals surface area contributed by atoms with Crippen molar-refractivity contribution in [3.8, 4) is 11.4 Å². The van der Waals surface area contributed by atoms with Gasteiger partial charge in [-0.1, -0.05) is 30.3 Å². The maximum absolute atomic E-state index is 12.3. The van der Waals surface area contributed by atoms with Crippen LogP contribution < -0.4 is 5.32 Å². The third kappa shape index (κ3) is 3.43. The van der Waals surface area contributed by atoms with Crippen LogP contribution in [0, 0.1) is 0 Å². The van der Waals surface area contributed by atoms with Crippen LogP contribution in [0.15, 0.2) is 54.9 Å². The molecule has 0 aliphatic rings. The van der Waals surface area contributed by atoms with Crippen molar-refractivity contribution in [1.29, 1.82) is 0 Å². The number of rotatable bonds is 6. The van der Waals surface area contributed by atoms with Crippen molar-refractivity contribution in [2.24, 2.45) is 0 Å². The average molecular weight is 343 g/mol. The molecule has 3 rings (SSSR count). The Balaban J connectivity index is 1.95. The van der Waals surface area contributed by atoms with Gasteiger partial charge in [0.15, 0.2) is 5.82 Å². The van der Waals surface area contributed by atoms with Gasteiger partial charge >= 0.3 is 0 Å². The number of nitrogens with one attached hydrogen (secondary N) is 1. The molecule has 0 amide bonds. The van der Waals surface area contributed by atoms with Crippen LogP contribution in [-0.2, 0) is 16.6 Å². The molecular weight excluding hydrogens is 326 g/mol. The first-order chi connectivity index (χ1) is 11.6.